The van der Waals surface area contributed by atoms with Gasteiger partial charge in [0, 0.05) is 12.0 Å². The number of methoxy groups -OCH3 is 1. The van der Waals surface area contributed by atoms with Gasteiger partial charge in [-0.2, -0.15) is 0 Å². The lowest BCUT2D eigenvalue weighted by atomic mass is 9.79. The van der Waals surface area contributed by atoms with Crippen LogP contribution in [0.15, 0.2) is 18.2 Å². The van der Waals surface area contributed by atoms with Crippen LogP contribution >= 0.6 is 12.4 Å². The standard InChI is InChI=1S/C13H17NO.ClH/c1-15-13-4-2-3-9-10-7-8-14-12(10)6-5-11(9)13;/h2-4,10,12,14H,5-8H2,1H3;1H. The summed E-state index contributed by atoms with van der Waals surface area (Å²) in [4.78, 5) is 0. The number of rotatable bonds is 1. The molecule has 0 amide bonds. The number of halogens is 1. The van der Waals surface area contributed by atoms with E-state index in [0.717, 1.165) is 18.1 Å². The highest BCUT2D eigenvalue weighted by atomic mass is 35.5. The van der Waals surface area contributed by atoms with Crippen molar-refractivity contribution in [2.45, 2.75) is 31.2 Å². The summed E-state index contributed by atoms with van der Waals surface area (Å²) in [5, 5.41) is 3.60. The van der Waals surface area contributed by atoms with Crippen LogP contribution in [0.2, 0.25) is 0 Å². The van der Waals surface area contributed by atoms with Crippen molar-refractivity contribution < 1.29 is 4.74 Å². The van der Waals surface area contributed by atoms with E-state index in [9.17, 15) is 0 Å². The topological polar surface area (TPSA) is 21.3 Å². The summed E-state index contributed by atoms with van der Waals surface area (Å²) < 4.78 is 5.44. The Morgan fingerprint density at radius 3 is 3.00 bits per heavy atom. The summed E-state index contributed by atoms with van der Waals surface area (Å²) in [6, 6.07) is 7.20. The maximum atomic E-state index is 5.44. The van der Waals surface area contributed by atoms with Gasteiger partial charge in [-0.05, 0) is 43.0 Å². The maximum Gasteiger partial charge on any atom is 0.122 e. The molecule has 3 rings (SSSR count). The van der Waals surface area contributed by atoms with Gasteiger partial charge in [-0.25, -0.2) is 0 Å². The quantitative estimate of drug-likeness (QED) is 0.813. The Labute approximate surface area is 103 Å². The van der Waals surface area contributed by atoms with Crippen LogP contribution in [-0.2, 0) is 6.42 Å². The first-order valence-electron chi connectivity index (χ1n) is 5.79. The lowest BCUT2D eigenvalue weighted by molar-refractivity contribution is 0.398. The highest BCUT2D eigenvalue weighted by molar-refractivity contribution is 5.85. The van der Waals surface area contributed by atoms with Crippen LogP contribution < -0.4 is 10.1 Å². The normalized spacial score (nSPS) is 26.6. The molecule has 1 aliphatic carbocycles. The molecule has 1 N–H and O–H groups in total. The van der Waals surface area contributed by atoms with Gasteiger partial charge >= 0.3 is 0 Å². The van der Waals surface area contributed by atoms with Crippen molar-refractivity contribution in [1.29, 1.82) is 0 Å². The third-order valence-electron chi connectivity index (χ3n) is 3.84. The van der Waals surface area contributed by atoms with Crippen molar-refractivity contribution in [3.63, 3.8) is 0 Å². The monoisotopic (exact) mass is 239 g/mol. The molecule has 0 spiro atoms. The molecule has 2 aliphatic rings. The van der Waals surface area contributed by atoms with Crippen LogP contribution in [0.3, 0.4) is 0 Å². The predicted molar refractivity (Wildman–Crippen MR) is 67.7 cm³/mol. The fourth-order valence-corrected chi connectivity index (χ4v) is 3.13. The molecule has 0 aromatic heterocycles. The van der Waals surface area contributed by atoms with Gasteiger partial charge in [-0.15, -0.1) is 12.4 Å². The predicted octanol–water partition coefficient (Wildman–Crippen LogP) is 2.51. The van der Waals surface area contributed by atoms with E-state index in [-0.39, 0.29) is 12.4 Å². The number of hydrogen-bond acceptors (Lipinski definition) is 2. The van der Waals surface area contributed by atoms with Gasteiger partial charge in [0.2, 0.25) is 0 Å². The SMILES string of the molecule is COc1cccc2c1CCC1NCCC21.Cl. The zero-order chi connectivity index (χ0) is 10.3. The minimum Gasteiger partial charge on any atom is -0.496 e. The van der Waals surface area contributed by atoms with E-state index >= 15 is 0 Å². The summed E-state index contributed by atoms with van der Waals surface area (Å²) in [7, 11) is 1.77. The average Bonchev–Trinajstić information content (AvgIpc) is 2.76. The Balaban J connectivity index is 0.000000963. The van der Waals surface area contributed by atoms with Crippen molar-refractivity contribution in [3.05, 3.63) is 29.3 Å². The third-order valence-corrected chi connectivity index (χ3v) is 3.84. The molecule has 2 unspecified atom stereocenters. The van der Waals surface area contributed by atoms with Crippen LogP contribution in [0.5, 0.6) is 5.75 Å². The van der Waals surface area contributed by atoms with Crippen molar-refractivity contribution in [1.82, 2.24) is 5.32 Å². The lowest BCUT2D eigenvalue weighted by Crippen LogP contribution is -2.30. The zero-order valence-electron chi connectivity index (χ0n) is 9.53. The number of hydrogen-bond donors (Lipinski definition) is 1. The molecule has 88 valence electrons. The van der Waals surface area contributed by atoms with E-state index in [4.69, 9.17) is 4.74 Å². The highest BCUT2D eigenvalue weighted by Gasteiger charge is 2.33. The third kappa shape index (κ3) is 1.70. The fourth-order valence-electron chi connectivity index (χ4n) is 3.13. The molecule has 1 aliphatic heterocycles. The molecule has 1 aromatic rings. The zero-order valence-corrected chi connectivity index (χ0v) is 10.3. The first-order valence-corrected chi connectivity index (χ1v) is 5.79. The van der Waals surface area contributed by atoms with Gasteiger partial charge in [-0.3, -0.25) is 0 Å². The molecule has 1 fully saturated rings. The second kappa shape index (κ2) is 4.64. The number of ether oxygens (including phenoxy) is 1. The molecule has 1 aromatic carbocycles. The summed E-state index contributed by atoms with van der Waals surface area (Å²) >= 11 is 0. The molecule has 1 heterocycles. The fraction of sp³-hybridized carbons (Fsp3) is 0.538. The van der Waals surface area contributed by atoms with Gasteiger partial charge in [-0.1, -0.05) is 12.1 Å². The number of fused-ring (bicyclic) bond motifs is 3. The van der Waals surface area contributed by atoms with E-state index in [0.29, 0.717) is 6.04 Å². The van der Waals surface area contributed by atoms with Crippen LogP contribution in [-0.4, -0.2) is 19.7 Å². The van der Waals surface area contributed by atoms with E-state index in [1.54, 1.807) is 7.11 Å². The molecule has 0 bridgehead atoms. The lowest BCUT2D eigenvalue weighted by Gasteiger charge is -2.29. The minimum absolute atomic E-state index is 0. The number of benzene rings is 1. The first kappa shape index (κ1) is 11.7. The van der Waals surface area contributed by atoms with Crippen molar-refractivity contribution >= 4 is 12.4 Å². The Hall–Kier alpha value is -0.730. The molecule has 2 nitrogen and oxygen atoms in total. The molecule has 0 radical (unpaired) electrons. The van der Waals surface area contributed by atoms with Gasteiger partial charge in [0.05, 0.1) is 7.11 Å². The second-order valence-electron chi connectivity index (χ2n) is 4.52. The average molecular weight is 240 g/mol. The summed E-state index contributed by atoms with van der Waals surface area (Å²) in [6.07, 6.45) is 3.70. The van der Waals surface area contributed by atoms with E-state index in [1.165, 1.54) is 30.5 Å². The van der Waals surface area contributed by atoms with E-state index in [2.05, 4.69) is 23.5 Å². The molecule has 0 saturated carbocycles. The van der Waals surface area contributed by atoms with Crippen LogP contribution in [0.1, 0.15) is 29.9 Å². The summed E-state index contributed by atoms with van der Waals surface area (Å²) in [6.45, 7) is 1.17. The Bertz CT molecular complexity index is 380. The van der Waals surface area contributed by atoms with Crippen molar-refractivity contribution in [2.24, 2.45) is 0 Å². The first-order chi connectivity index (χ1) is 7.40. The second-order valence-corrected chi connectivity index (χ2v) is 4.52. The molecular formula is C13H18ClNO. The molecular weight excluding hydrogens is 222 g/mol. The summed E-state index contributed by atoms with van der Waals surface area (Å²) in [5.41, 5.74) is 2.97. The molecule has 3 heteroatoms. The maximum absolute atomic E-state index is 5.44. The Morgan fingerprint density at radius 2 is 2.19 bits per heavy atom. The minimum atomic E-state index is 0. The Kier molecular flexibility index (Phi) is 3.41. The van der Waals surface area contributed by atoms with Crippen LogP contribution in [0, 0.1) is 0 Å². The van der Waals surface area contributed by atoms with E-state index in [1.807, 2.05) is 0 Å². The summed E-state index contributed by atoms with van der Waals surface area (Å²) in [5.74, 6) is 1.81. The van der Waals surface area contributed by atoms with Gasteiger partial charge < -0.3 is 10.1 Å². The van der Waals surface area contributed by atoms with Gasteiger partial charge in [0.15, 0.2) is 0 Å². The molecule has 1 saturated heterocycles. The van der Waals surface area contributed by atoms with Crippen LogP contribution in [0.25, 0.3) is 0 Å². The van der Waals surface area contributed by atoms with E-state index < -0.39 is 0 Å². The number of nitrogens with one attached hydrogen (secondary N) is 1. The van der Waals surface area contributed by atoms with Crippen molar-refractivity contribution in [2.75, 3.05) is 13.7 Å². The van der Waals surface area contributed by atoms with Crippen molar-refractivity contribution in [3.8, 4) is 5.75 Å². The van der Waals surface area contributed by atoms with Gasteiger partial charge in [0.25, 0.3) is 0 Å². The van der Waals surface area contributed by atoms with Crippen LogP contribution in [0.4, 0.5) is 0 Å². The largest absolute Gasteiger partial charge is 0.496 e. The molecule has 16 heavy (non-hydrogen) atoms. The highest BCUT2D eigenvalue weighted by Crippen LogP contribution is 2.40. The molecule has 2 atom stereocenters. The smallest absolute Gasteiger partial charge is 0.122 e. The Morgan fingerprint density at radius 1 is 1.31 bits per heavy atom. The van der Waals surface area contributed by atoms with Gasteiger partial charge in [0.1, 0.15) is 5.75 Å².